The summed E-state index contributed by atoms with van der Waals surface area (Å²) in [5, 5.41) is 0.449. The van der Waals surface area contributed by atoms with Gasteiger partial charge in [0, 0.05) is 5.56 Å². The van der Waals surface area contributed by atoms with E-state index in [9.17, 15) is 9.59 Å². The van der Waals surface area contributed by atoms with Gasteiger partial charge in [-0.1, -0.05) is 30.3 Å². The molecule has 0 bridgehead atoms. The smallest absolute Gasteiger partial charge is 0.312 e. The fraction of sp³-hybridized carbons (Fsp3) is 0.0909. The largest absolute Gasteiger partial charge is 0.469 e. The lowest BCUT2D eigenvalue weighted by Crippen LogP contribution is -2.21. The summed E-state index contributed by atoms with van der Waals surface area (Å²) < 4.78 is 16.8. The van der Waals surface area contributed by atoms with E-state index in [1.54, 1.807) is 24.5 Å². The van der Waals surface area contributed by atoms with Crippen LogP contribution in [0.2, 0.25) is 0 Å². The van der Waals surface area contributed by atoms with E-state index in [0.717, 1.165) is 5.56 Å². The Labute approximate surface area is 153 Å². The number of furan rings is 1. The highest BCUT2D eigenvalue weighted by Gasteiger charge is 2.33. The number of hydrogen-bond donors (Lipinski definition) is 0. The Kier molecular flexibility index (Phi) is 3.47. The van der Waals surface area contributed by atoms with Crippen molar-refractivity contribution in [2.45, 2.75) is 12.3 Å². The second kappa shape index (κ2) is 5.99. The van der Waals surface area contributed by atoms with Crippen LogP contribution >= 0.6 is 0 Å². The second-order valence-electron chi connectivity index (χ2n) is 6.44. The molecule has 1 aliphatic heterocycles. The fourth-order valence-corrected chi connectivity index (χ4v) is 3.60. The van der Waals surface area contributed by atoms with Gasteiger partial charge in [0.15, 0.2) is 0 Å². The summed E-state index contributed by atoms with van der Waals surface area (Å²) >= 11 is 0. The highest BCUT2D eigenvalue weighted by Crippen LogP contribution is 2.42. The Hall–Kier alpha value is -3.60. The lowest BCUT2D eigenvalue weighted by Gasteiger charge is -2.23. The standard InChI is InChI=1S/C22H14O5/c23-19-11-15(17-7-4-10-25-17)20-18(27-19)9-8-14-21(24)16(12-26-22(14)20)13-5-2-1-3-6-13/h1-10,12,15H,11H2. The third-order valence-electron chi connectivity index (χ3n) is 4.85. The van der Waals surface area contributed by atoms with Crippen LogP contribution in [0.4, 0.5) is 0 Å². The van der Waals surface area contributed by atoms with E-state index < -0.39 is 0 Å². The minimum atomic E-state index is -0.356. The van der Waals surface area contributed by atoms with Crippen molar-refractivity contribution >= 4 is 16.9 Å². The third-order valence-corrected chi connectivity index (χ3v) is 4.85. The Morgan fingerprint density at radius 3 is 2.52 bits per heavy atom. The molecule has 0 spiro atoms. The van der Waals surface area contributed by atoms with Crippen LogP contribution in [0.1, 0.15) is 23.7 Å². The lowest BCUT2D eigenvalue weighted by molar-refractivity contribution is -0.135. The van der Waals surface area contributed by atoms with E-state index in [1.165, 1.54) is 6.26 Å². The number of esters is 1. The van der Waals surface area contributed by atoms with Crippen LogP contribution < -0.4 is 10.2 Å². The Morgan fingerprint density at radius 2 is 1.74 bits per heavy atom. The zero-order valence-corrected chi connectivity index (χ0v) is 14.2. The number of fused-ring (bicyclic) bond motifs is 3. The first kappa shape index (κ1) is 15.6. The van der Waals surface area contributed by atoms with Crippen LogP contribution in [-0.4, -0.2) is 5.97 Å². The van der Waals surface area contributed by atoms with Crippen molar-refractivity contribution in [3.63, 3.8) is 0 Å². The van der Waals surface area contributed by atoms with Crippen LogP contribution in [0.25, 0.3) is 22.1 Å². The summed E-state index contributed by atoms with van der Waals surface area (Å²) in [4.78, 5) is 25.1. The normalized spacial score (nSPS) is 16.1. The molecule has 2 aromatic heterocycles. The molecule has 5 nitrogen and oxygen atoms in total. The second-order valence-corrected chi connectivity index (χ2v) is 6.44. The first-order chi connectivity index (χ1) is 13.2. The van der Waals surface area contributed by atoms with Gasteiger partial charge >= 0.3 is 5.97 Å². The highest BCUT2D eigenvalue weighted by atomic mass is 16.5. The maximum absolute atomic E-state index is 13.1. The van der Waals surface area contributed by atoms with E-state index in [-0.39, 0.29) is 23.7 Å². The topological polar surface area (TPSA) is 69.7 Å². The van der Waals surface area contributed by atoms with Gasteiger partial charge in [0.2, 0.25) is 5.43 Å². The van der Waals surface area contributed by atoms with E-state index in [1.807, 2.05) is 36.4 Å². The molecule has 4 aromatic rings. The number of hydrogen-bond acceptors (Lipinski definition) is 5. The molecule has 5 rings (SSSR count). The van der Waals surface area contributed by atoms with Crippen molar-refractivity contribution in [1.29, 1.82) is 0 Å². The summed E-state index contributed by atoms with van der Waals surface area (Å²) in [6, 6.07) is 16.2. The maximum Gasteiger partial charge on any atom is 0.312 e. The Bertz CT molecular complexity index is 1200. The van der Waals surface area contributed by atoms with Crippen LogP contribution in [0.15, 0.2) is 80.8 Å². The van der Waals surface area contributed by atoms with Gasteiger partial charge < -0.3 is 13.6 Å². The molecule has 27 heavy (non-hydrogen) atoms. The molecular weight excluding hydrogens is 344 g/mol. The van der Waals surface area contributed by atoms with Crippen molar-refractivity contribution in [2.75, 3.05) is 0 Å². The molecule has 0 aliphatic carbocycles. The van der Waals surface area contributed by atoms with Gasteiger partial charge in [-0.2, -0.15) is 0 Å². The molecule has 5 heteroatoms. The molecule has 0 radical (unpaired) electrons. The number of ether oxygens (including phenoxy) is 1. The molecule has 0 fully saturated rings. The summed E-state index contributed by atoms with van der Waals surface area (Å²) in [5.41, 5.74) is 2.25. The first-order valence-corrected chi connectivity index (χ1v) is 8.60. The number of carbonyl (C=O) groups is 1. The van der Waals surface area contributed by atoms with Gasteiger partial charge in [0.25, 0.3) is 0 Å². The van der Waals surface area contributed by atoms with Crippen LogP contribution in [0, 0.1) is 0 Å². The predicted molar refractivity (Wildman–Crippen MR) is 98.7 cm³/mol. The van der Waals surface area contributed by atoms with Gasteiger partial charge in [-0.05, 0) is 29.8 Å². The monoisotopic (exact) mass is 358 g/mol. The van der Waals surface area contributed by atoms with Crippen molar-refractivity contribution in [2.24, 2.45) is 0 Å². The molecule has 3 heterocycles. The van der Waals surface area contributed by atoms with Crippen molar-refractivity contribution in [3.8, 4) is 16.9 Å². The molecular formula is C22H14O5. The maximum atomic E-state index is 13.1. The molecule has 132 valence electrons. The molecule has 0 N–H and O–H groups in total. The summed E-state index contributed by atoms with van der Waals surface area (Å²) in [6.07, 6.45) is 3.16. The third kappa shape index (κ3) is 2.47. The fourth-order valence-electron chi connectivity index (χ4n) is 3.60. The Morgan fingerprint density at radius 1 is 0.889 bits per heavy atom. The van der Waals surface area contributed by atoms with Gasteiger partial charge in [-0.3, -0.25) is 9.59 Å². The molecule has 2 aromatic carbocycles. The predicted octanol–water partition coefficient (Wildman–Crippen LogP) is 4.49. The van der Waals surface area contributed by atoms with Crippen molar-refractivity contribution < 1.29 is 18.4 Å². The zero-order valence-electron chi connectivity index (χ0n) is 14.2. The minimum absolute atomic E-state index is 0.125. The molecule has 1 aliphatic rings. The quantitative estimate of drug-likeness (QED) is 0.390. The van der Waals surface area contributed by atoms with E-state index in [2.05, 4.69) is 0 Å². The summed E-state index contributed by atoms with van der Waals surface area (Å²) in [5.74, 6) is 0.336. The number of benzene rings is 2. The minimum Gasteiger partial charge on any atom is -0.469 e. The van der Waals surface area contributed by atoms with Crippen molar-refractivity contribution in [1.82, 2.24) is 0 Å². The molecule has 0 amide bonds. The summed E-state index contributed by atoms with van der Waals surface area (Å²) in [7, 11) is 0. The highest BCUT2D eigenvalue weighted by molar-refractivity contribution is 5.90. The zero-order chi connectivity index (χ0) is 18.4. The SMILES string of the molecule is O=C1CC(c2ccco2)c2c(ccc3c(=O)c(-c4ccccc4)coc23)O1. The van der Waals surface area contributed by atoms with Gasteiger partial charge in [0.05, 0.1) is 29.6 Å². The Balaban J connectivity index is 1.77. The summed E-state index contributed by atoms with van der Waals surface area (Å²) in [6.45, 7) is 0. The van der Waals surface area contributed by atoms with E-state index >= 15 is 0 Å². The van der Waals surface area contributed by atoms with Gasteiger partial charge in [-0.25, -0.2) is 0 Å². The molecule has 0 saturated carbocycles. The molecule has 1 unspecified atom stereocenters. The average Bonchev–Trinajstić information content (AvgIpc) is 3.22. The van der Waals surface area contributed by atoms with Crippen molar-refractivity contribution in [3.05, 3.63) is 88.7 Å². The first-order valence-electron chi connectivity index (χ1n) is 8.60. The van der Waals surface area contributed by atoms with E-state index in [0.29, 0.717) is 33.6 Å². The number of rotatable bonds is 2. The van der Waals surface area contributed by atoms with Gasteiger partial charge in [0.1, 0.15) is 23.4 Å². The van der Waals surface area contributed by atoms with Crippen LogP contribution in [0.3, 0.4) is 0 Å². The van der Waals surface area contributed by atoms with Crippen LogP contribution in [-0.2, 0) is 4.79 Å². The average molecular weight is 358 g/mol. The van der Waals surface area contributed by atoms with Gasteiger partial charge in [-0.15, -0.1) is 0 Å². The van der Waals surface area contributed by atoms with E-state index in [4.69, 9.17) is 13.6 Å². The van der Waals surface area contributed by atoms with Crippen LogP contribution in [0.5, 0.6) is 5.75 Å². The molecule has 1 atom stereocenters. The molecule has 0 saturated heterocycles. The lowest BCUT2D eigenvalue weighted by atomic mass is 9.89. The number of carbonyl (C=O) groups excluding carboxylic acids is 1.